The van der Waals surface area contributed by atoms with Gasteiger partial charge in [-0.05, 0) is 62.3 Å². The molecule has 3 N–H and O–H groups in total. The average Bonchev–Trinajstić information content (AvgIpc) is 2.95. The first-order valence-corrected chi connectivity index (χ1v) is 15.1. The zero-order valence-corrected chi connectivity index (χ0v) is 26.9. The molecule has 0 bridgehead atoms. The third kappa shape index (κ3) is 7.49. The fourth-order valence-corrected chi connectivity index (χ4v) is 5.46. The van der Waals surface area contributed by atoms with Crippen LogP contribution in [0.3, 0.4) is 0 Å². The summed E-state index contributed by atoms with van der Waals surface area (Å²) in [7, 11) is 0. The molecule has 4 rings (SSSR count). The minimum absolute atomic E-state index is 0.0964. The van der Waals surface area contributed by atoms with Gasteiger partial charge in [0.1, 0.15) is 5.75 Å². The van der Waals surface area contributed by atoms with Gasteiger partial charge in [0.15, 0.2) is 17.5 Å². The Morgan fingerprint density at radius 1 is 0.727 bits per heavy atom. The first kappa shape index (κ1) is 32.8. The van der Waals surface area contributed by atoms with Crippen LogP contribution in [-0.4, -0.2) is 67.4 Å². The van der Waals surface area contributed by atoms with Crippen molar-refractivity contribution >= 4 is 5.91 Å². The van der Waals surface area contributed by atoms with Crippen LogP contribution in [0.25, 0.3) is 34.2 Å². The van der Waals surface area contributed by atoms with Crippen LogP contribution in [-0.2, 0) is 16.6 Å². The average molecular weight is 597 g/mol. The Labute approximate surface area is 260 Å². The van der Waals surface area contributed by atoms with Crippen LogP contribution in [0.1, 0.15) is 60.6 Å². The summed E-state index contributed by atoms with van der Waals surface area (Å²) in [5.41, 5.74) is 7.77. The van der Waals surface area contributed by atoms with E-state index in [9.17, 15) is 20.1 Å². The van der Waals surface area contributed by atoms with Gasteiger partial charge < -0.3 is 20.2 Å². The molecule has 0 spiro atoms. The molecular formula is C36H44N4O4. The van der Waals surface area contributed by atoms with E-state index in [4.69, 9.17) is 15.0 Å². The van der Waals surface area contributed by atoms with Gasteiger partial charge in [0, 0.05) is 36.2 Å². The van der Waals surface area contributed by atoms with Crippen molar-refractivity contribution in [1.29, 1.82) is 0 Å². The lowest BCUT2D eigenvalue weighted by Crippen LogP contribution is -2.36. The Morgan fingerprint density at radius 2 is 1.20 bits per heavy atom. The minimum atomic E-state index is -0.404. The molecule has 4 aromatic rings. The summed E-state index contributed by atoms with van der Waals surface area (Å²) in [4.78, 5) is 29.2. The van der Waals surface area contributed by atoms with E-state index in [-0.39, 0.29) is 44.4 Å². The molecule has 0 aliphatic heterocycles. The van der Waals surface area contributed by atoms with Crippen LogP contribution >= 0.6 is 0 Å². The number of carbonyl (C=O) groups is 1. The van der Waals surface area contributed by atoms with Crippen LogP contribution < -0.4 is 0 Å². The molecule has 0 fully saturated rings. The number of carbonyl (C=O) groups excluding carboxylic acids is 1. The third-order valence-corrected chi connectivity index (χ3v) is 7.82. The molecule has 1 aromatic heterocycles. The smallest absolute Gasteiger partial charge is 0.223 e. The number of aliphatic hydroxyl groups excluding tert-OH is 2. The number of aliphatic hydroxyl groups is 2. The van der Waals surface area contributed by atoms with Gasteiger partial charge in [0.25, 0.3) is 0 Å². The van der Waals surface area contributed by atoms with Crippen LogP contribution in [0.5, 0.6) is 5.75 Å². The van der Waals surface area contributed by atoms with Gasteiger partial charge in [0.2, 0.25) is 5.91 Å². The molecule has 232 valence electrons. The minimum Gasteiger partial charge on any atom is -0.507 e. The van der Waals surface area contributed by atoms with Crippen molar-refractivity contribution in [2.75, 3.05) is 26.3 Å². The number of aromatic nitrogens is 3. The summed E-state index contributed by atoms with van der Waals surface area (Å²) < 4.78 is 0. The van der Waals surface area contributed by atoms with Gasteiger partial charge in [-0.1, -0.05) is 74.4 Å². The first-order valence-electron chi connectivity index (χ1n) is 15.1. The molecule has 0 atom stereocenters. The molecule has 1 amide bonds. The molecule has 8 heteroatoms. The lowest BCUT2D eigenvalue weighted by Gasteiger charge is -2.24. The number of hydrogen-bond donors (Lipinski definition) is 3. The van der Waals surface area contributed by atoms with Gasteiger partial charge in [-0.2, -0.15) is 0 Å². The summed E-state index contributed by atoms with van der Waals surface area (Å²) in [5.74, 6) is 1.32. The quantitative estimate of drug-likeness (QED) is 0.210. The fraction of sp³-hybridized carbons (Fsp3) is 0.389. The number of phenols is 1. The number of aromatic hydroxyl groups is 1. The maximum Gasteiger partial charge on any atom is 0.223 e. The Kier molecular flexibility index (Phi) is 10.2. The van der Waals surface area contributed by atoms with E-state index in [0.717, 1.165) is 44.5 Å². The maximum absolute atomic E-state index is 12.9. The molecule has 0 aliphatic rings. The first-order chi connectivity index (χ1) is 20.8. The highest BCUT2D eigenvalue weighted by Gasteiger charge is 2.25. The van der Waals surface area contributed by atoms with Crippen molar-refractivity contribution in [1.82, 2.24) is 19.9 Å². The van der Waals surface area contributed by atoms with E-state index in [1.165, 1.54) is 4.90 Å². The van der Waals surface area contributed by atoms with Crippen molar-refractivity contribution in [3.05, 3.63) is 81.9 Å². The highest BCUT2D eigenvalue weighted by atomic mass is 16.3. The number of aryl methyl sites for hydroxylation is 5. The molecule has 0 saturated heterocycles. The molecule has 0 aliphatic carbocycles. The van der Waals surface area contributed by atoms with E-state index in [1.54, 1.807) is 0 Å². The highest BCUT2D eigenvalue weighted by molar-refractivity contribution is 5.77. The lowest BCUT2D eigenvalue weighted by molar-refractivity contribution is -0.132. The van der Waals surface area contributed by atoms with Crippen molar-refractivity contribution in [2.24, 2.45) is 0 Å². The van der Waals surface area contributed by atoms with Gasteiger partial charge in [0.05, 0.1) is 18.8 Å². The third-order valence-electron chi connectivity index (χ3n) is 7.82. The van der Waals surface area contributed by atoms with Crippen molar-refractivity contribution in [3.8, 4) is 39.9 Å². The molecular weight excluding hydrogens is 552 g/mol. The zero-order chi connectivity index (χ0) is 32.2. The molecule has 0 unspecified atom stereocenters. The van der Waals surface area contributed by atoms with Crippen LogP contribution in [0.4, 0.5) is 0 Å². The number of benzene rings is 3. The van der Waals surface area contributed by atoms with E-state index < -0.39 is 5.41 Å². The second-order valence-electron chi connectivity index (χ2n) is 12.6. The summed E-state index contributed by atoms with van der Waals surface area (Å²) in [6.45, 7) is 14.2. The van der Waals surface area contributed by atoms with Gasteiger partial charge in [-0.15, -0.1) is 0 Å². The van der Waals surface area contributed by atoms with E-state index >= 15 is 0 Å². The standard InChI is InChI=1S/C36H44N4O4/c1-22-8-11-27(24(3)18-22)33-37-34(28-12-9-23(2)19-25(28)4)39-35(38-33)29-20-26(21-30(32(29)44)36(5,6)7)10-13-31(43)40(14-16-41)15-17-42/h8-9,11-12,18-21,41-42,44H,10,13-17H2,1-7H3. The molecule has 8 nitrogen and oxygen atoms in total. The van der Waals surface area contributed by atoms with E-state index in [0.29, 0.717) is 29.5 Å². The number of amides is 1. The van der Waals surface area contributed by atoms with E-state index in [1.807, 2.05) is 84.9 Å². The zero-order valence-electron chi connectivity index (χ0n) is 26.9. The predicted molar refractivity (Wildman–Crippen MR) is 175 cm³/mol. The summed E-state index contributed by atoms with van der Waals surface area (Å²) in [5, 5.41) is 30.4. The largest absolute Gasteiger partial charge is 0.507 e. The summed E-state index contributed by atoms with van der Waals surface area (Å²) >= 11 is 0. The number of rotatable bonds is 10. The fourth-order valence-electron chi connectivity index (χ4n) is 5.46. The molecule has 0 radical (unpaired) electrons. The van der Waals surface area contributed by atoms with Crippen LogP contribution in [0, 0.1) is 27.7 Å². The molecule has 44 heavy (non-hydrogen) atoms. The summed E-state index contributed by atoms with van der Waals surface area (Å²) in [6, 6.07) is 16.1. The Bertz CT molecular complexity index is 1580. The molecule has 0 saturated carbocycles. The summed E-state index contributed by atoms with van der Waals surface area (Å²) in [6.07, 6.45) is 0.591. The monoisotopic (exact) mass is 596 g/mol. The maximum atomic E-state index is 12.9. The SMILES string of the molecule is Cc1ccc(-c2nc(-c3ccc(C)cc3C)nc(-c3cc(CCC(=O)N(CCO)CCO)cc(C(C)(C)C)c3O)n2)c(C)c1. The second-order valence-corrected chi connectivity index (χ2v) is 12.6. The normalized spacial score (nSPS) is 11.6. The molecule has 1 heterocycles. The van der Waals surface area contributed by atoms with Crippen LogP contribution in [0.2, 0.25) is 0 Å². The number of phenolic OH excluding ortho intramolecular Hbond substituents is 1. The topological polar surface area (TPSA) is 120 Å². The number of nitrogens with zero attached hydrogens (tertiary/aromatic N) is 4. The van der Waals surface area contributed by atoms with Crippen molar-refractivity contribution in [2.45, 2.75) is 66.7 Å². The number of hydrogen-bond acceptors (Lipinski definition) is 7. The van der Waals surface area contributed by atoms with Crippen molar-refractivity contribution < 1.29 is 20.1 Å². The Balaban J connectivity index is 1.90. The van der Waals surface area contributed by atoms with Gasteiger partial charge in [-0.25, -0.2) is 15.0 Å². The van der Waals surface area contributed by atoms with Gasteiger partial charge in [-0.3, -0.25) is 4.79 Å². The van der Waals surface area contributed by atoms with Crippen molar-refractivity contribution in [3.63, 3.8) is 0 Å². The van der Waals surface area contributed by atoms with Crippen LogP contribution in [0.15, 0.2) is 48.5 Å². The predicted octanol–water partition coefficient (Wildman–Crippen LogP) is 5.86. The Morgan fingerprint density at radius 3 is 1.64 bits per heavy atom. The highest BCUT2D eigenvalue weighted by Crippen LogP contribution is 2.40. The van der Waals surface area contributed by atoms with Gasteiger partial charge >= 0.3 is 0 Å². The van der Waals surface area contributed by atoms with E-state index in [2.05, 4.69) is 12.1 Å². The lowest BCUT2D eigenvalue weighted by atomic mass is 9.83. The Hall–Kier alpha value is -4.14. The second kappa shape index (κ2) is 13.7. The molecule has 3 aromatic carbocycles.